The first-order valence-electron chi connectivity index (χ1n) is 5.76. The van der Waals surface area contributed by atoms with Crippen LogP contribution in [0.1, 0.15) is 20.3 Å². The molecule has 5 heteroatoms. The van der Waals surface area contributed by atoms with Crippen molar-refractivity contribution in [3.05, 3.63) is 29.3 Å². The van der Waals surface area contributed by atoms with Crippen molar-refractivity contribution >= 4 is 23.7 Å². The molecule has 0 saturated carbocycles. The minimum absolute atomic E-state index is 0.0840. The molecule has 0 spiro atoms. The van der Waals surface area contributed by atoms with Crippen LogP contribution in [0.4, 0.5) is 0 Å². The van der Waals surface area contributed by atoms with Crippen molar-refractivity contribution in [2.24, 2.45) is 11.0 Å². The van der Waals surface area contributed by atoms with Crippen LogP contribution in [0.25, 0.3) is 0 Å². The number of carbonyl (C=O) groups is 1. The molecule has 1 amide bonds. The number of hydrazone groups is 1. The van der Waals surface area contributed by atoms with E-state index < -0.39 is 0 Å². The van der Waals surface area contributed by atoms with Gasteiger partial charge in [0, 0.05) is 11.2 Å². The molecule has 0 aliphatic heterocycles. The molecule has 0 radical (unpaired) electrons. The molecule has 98 valence electrons. The van der Waals surface area contributed by atoms with Gasteiger partial charge in [0.05, 0.1) is 0 Å². The van der Waals surface area contributed by atoms with Crippen LogP contribution in [0.3, 0.4) is 0 Å². The molecule has 0 fully saturated rings. The molecule has 0 aliphatic carbocycles. The number of amides is 1. The molecule has 1 aromatic rings. The van der Waals surface area contributed by atoms with Crippen molar-refractivity contribution in [1.29, 1.82) is 0 Å². The molecule has 0 aromatic heterocycles. The monoisotopic (exact) mass is 268 g/mol. The Morgan fingerprint density at radius 1 is 1.56 bits per heavy atom. The Labute approximate surface area is 112 Å². The van der Waals surface area contributed by atoms with Crippen molar-refractivity contribution < 1.29 is 9.53 Å². The number of hydrogen-bond acceptors (Lipinski definition) is 3. The zero-order valence-electron chi connectivity index (χ0n) is 10.5. The third-order valence-electron chi connectivity index (χ3n) is 2.02. The predicted molar refractivity (Wildman–Crippen MR) is 73.0 cm³/mol. The van der Waals surface area contributed by atoms with Crippen LogP contribution in [0.5, 0.6) is 5.75 Å². The molecular formula is C13H17ClN2O2. The number of halogens is 1. The fraction of sp³-hybridized carbons (Fsp3) is 0.385. The maximum absolute atomic E-state index is 11.4. The van der Waals surface area contributed by atoms with E-state index in [0.29, 0.717) is 16.7 Å². The topological polar surface area (TPSA) is 50.7 Å². The highest BCUT2D eigenvalue weighted by molar-refractivity contribution is 6.30. The van der Waals surface area contributed by atoms with Gasteiger partial charge in [0.15, 0.2) is 6.61 Å². The van der Waals surface area contributed by atoms with Gasteiger partial charge in [0.25, 0.3) is 5.91 Å². The Kier molecular flexibility index (Phi) is 6.22. The normalized spacial score (nSPS) is 10.9. The molecule has 0 heterocycles. The number of benzene rings is 1. The first-order chi connectivity index (χ1) is 8.58. The summed E-state index contributed by atoms with van der Waals surface area (Å²) in [6, 6.07) is 6.89. The molecular weight excluding hydrogens is 252 g/mol. The second-order valence-corrected chi connectivity index (χ2v) is 4.66. The van der Waals surface area contributed by atoms with E-state index in [4.69, 9.17) is 16.3 Å². The SMILES string of the molecule is CC(C)CC=NNC(=O)COc1cccc(Cl)c1. The van der Waals surface area contributed by atoms with Gasteiger partial charge in [-0.1, -0.05) is 31.5 Å². The first-order valence-corrected chi connectivity index (χ1v) is 6.14. The summed E-state index contributed by atoms with van der Waals surface area (Å²) in [4.78, 5) is 11.4. The van der Waals surface area contributed by atoms with E-state index in [9.17, 15) is 4.79 Å². The van der Waals surface area contributed by atoms with E-state index in [-0.39, 0.29) is 12.5 Å². The number of rotatable bonds is 6. The van der Waals surface area contributed by atoms with Gasteiger partial charge < -0.3 is 4.74 Å². The summed E-state index contributed by atoms with van der Waals surface area (Å²) in [5.74, 6) is 0.784. The molecule has 1 rings (SSSR count). The molecule has 1 N–H and O–H groups in total. The van der Waals surface area contributed by atoms with Crippen LogP contribution in [0.2, 0.25) is 5.02 Å². The van der Waals surface area contributed by atoms with E-state index in [1.165, 1.54) is 0 Å². The summed E-state index contributed by atoms with van der Waals surface area (Å²) in [6.07, 6.45) is 2.51. The zero-order valence-corrected chi connectivity index (χ0v) is 11.3. The minimum atomic E-state index is -0.296. The van der Waals surface area contributed by atoms with Crippen molar-refractivity contribution in [3.8, 4) is 5.75 Å². The summed E-state index contributed by atoms with van der Waals surface area (Å²) in [7, 11) is 0. The fourth-order valence-corrected chi connectivity index (χ4v) is 1.30. The number of hydrogen-bond donors (Lipinski definition) is 1. The van der Waals surface area contributed by atoms with Gasteiger partial charge in [0.1, 0.15) is 5.75 Å². The Hall–Kier alpha value is -1.55. The predicted octanol–water partition coefficient (Wildman–Crippen LogP) is 2.87. The molecule has 0 atom stereocenters. The third-order valence-corrected chi connectivity index (χ3v) is 2.26. The molecule has 0 saturated heterocycles. The lowest BCUT2D eigenvalue weighted by atomic mass is 10.2. The molecule has 1 aromatic carbocycles. The summed E-state index contributed by atoms with van der Waals surface area (Å²) in [5.41, 5.74) is 2.40. The van der Waals surface area contributed by atoms with Crippen LogP contribution >= 0.6 is 11.6 Å². The maximum Gasteiger partial charge on any atom is 0.277 e. The summed E-state index contributed by atoms with van der Waals surface area (Å²) in [6.45, 7) is 4.07. The van der Waals surface area contributed by atoms with Crippen molar-refractivity contribution in [2.75, 3.05) is 6.61 Å². The second-order valence-electron chi connectivity index (χ2n) is 4.22. The molecule has 18 heavy (non-hydrogen) atoms. The van der Waals surface area contributed by atoms with Gasteiger partial charge >= 0.3 is 0 Å². The van der Waals surface area contributed by atoms with Crippen LogP contribution in [-0.4, -0.2) is 18.7 Å². The Morgan fingerprint density at radius 3 is 3.00 bits per heavy atom. The van der Waals surface area contributed by atoms with Crippen LogP contribution < -0.4 is 10.2 Å². The number of carbonyl (C=O) groups excluding carboxylic acids is 1. The number of nitrogens with zero attached hydrogens (tertiary/aromatic N) is 1. The van der Waals surface area contributed by atoms with Crippen molar-refractivity contribution in [1.82, 2.24) is 5.43 Å². The minimum Gasteiger partial charge on any atom is -0.484 e. The smallest absolute Gasteiger partial charge is 0.277 e. The van der Waals surface area contributed by atoms with E-state index >= 15 is 0 Å². The van der Waals surface area contributed by atoms with Crippen molar-refractivity contribution in [3.63, 3.8) is 0 Å². The average molecular weight is 269 g/mol. The highest BCUT2D eigenvalue weighted by Gasteiger charge is 2.01. The quantitative estimate of drug-likeness (QED) is 0.637. The summed E-state index contributed by atoms with van der Waals surface area (Å²) < 4.78 is 5.26. The summed E-state index contributed by atoms with van der Waals surface area (Å²) in [5, 5.41) is 4.38. The Morgan fingerprint density at radius 2 is 2.33 bits per heavy atom. The van der Waals surface area contributed by atoms with Gasteiger partial charge in [-0.25, -0.2) is 5.43 Å². The third kappa shape index (κ3) is 6.25. The van der Waals surface area contributed by atoms with Crippen molar-refractivity contribution in [2.45, 2.75) is 20.3 Å². The highest BCUT2D eigenvalue weighted by atomic mass is 35.5. The Balaban J connectivity index is 2.27. The first kappa shape index (κ1) is 14.5. The maximum atomic E-state index is 11.4. The lowest BCUT2D eigenvalue weighted by Crippen LogP contribution is -2.24. The van der Waals surface area contributed by atoms with E-state index in [1.54, 1.807) is 30.5 Å². The van der Waals surface area contributed by atoms with E-state index in [1.807, 2.05) is 0 Å². The van der Waals surface area contributed by atoms with Gasteiger partial charge in [-0.3, -0.25) is 4.79 Å². The summed E-state index contributed by atoms with van der Waals surface area (Å²) >= 11 is 5.79. The van der Waals surface area contributed by atoms with Crippen LogP contribution in [-0.2, 0) is 4.79 Å². The van der Waals surface area contributed by atoms with Gasteiger partial charge in [-0.05, 0) is 30.5 Å². The molecule has 0 unspecified atom stereocenters. The van der Waals surface area contributed by atoms with Gasteiger partial charge in [-0.15, -0.1) is 0 Å². The number of nitrogens with one attached hydrogen (secondary N) is 1. The van der Waals surface area contributed by atoms with Gasteiger partial charge in [0.2, 0.25) is 0 Å². The highest BCUT2D eigenvalue weighted by Crippen LogP contribution is 2.16. The zero-order chi connectivity index (χ0) is 13.4. The largest absolute Gasteiger partial charge is 0.484 e. The number of ether oxygens (including phenoxy) is 1. The lowest BCUT2D eigenvalue weighted by Gasteiger charge is -2.05. The second kappa shape index (κ2) is 7.71. The van der Waals surface area contributed by atoms with E-state index in [0.717, 1.165) is 6.42 Å². The Bertz CT molecular complexity index is 419. The van der Waals surface area contributed by atoms with Crippen LogP contribution in [0.15, 0.2) is 29.4 Å². The standard InChI is InChI=1S/C13H17ClN2O2/c1-10(2)6-7-15-16-13(17)9-18-12-5-3-4-11(14)8-12/h3-5,7-8,10H,6,9H2,1-2H3,(H,16,17). The van der Waals surface area contributed by atoms with Gasteiger partial charge in [-0.2, -0.15) is 5.10 Å². The molecule has 4 nitrogen and oxygen atoms in total. The van der Waals surface area contributed by atoms with Crippen LogP contribution in [0, 0.1) is 5.92 Å². The average Bonchev–Trinajstić information content (AvgIpc) is 2.32. The molecule has 0 aliphatic rings. The fourth-order valence-electron chi connectivity index (χ4n) is 1.12. The molecule has 0 bridgehead atoms. The lowest BCUT2D eigenvalue weighted by molar-refractivity contribution is -0.123. The van der Waals surface area contributed by atoms with E-state index in [2.05, 4.69) is 24.4 Å².